The summed E-state index contributed by atoms with van der Waals surface area (Å²) in [5.74, 6) is -0.500. The number of halogens is 4. The first kappa shape index (κ1) is 21.5. The number of benzene rings is 3. The van der Waals surface area contributed by atoms with Crippen LogP contribution in [0.15, 0.2) is 48.5 Å². The standard InChI is InChI=1S/C23H14ClF3N2O3/c24-17-8-12(3-5-16(17)23(25,26)27)1-2-13-4-6-19-18(9-13)29-21-15(22(30)31)7-14(11-28)10-20(21)32-19/h3-10,29H,1-2H2,(H,30,31). The van der Waals surface area contributed by atoms with Gasteiger partial charge in [0.2, 0.25) is 0 Å². The molecule has 1 aliphatic heterocycles. The summed E-state index contributed by atoms with van der Waals surface area (Å²) in [4.78, 5) is 11.6. The van der Waals surface area contributed by atoms with Gasteiger partial charge in [0.25, 0.3) is 0 Å². The van der Waals surface area contributed by atoms with Gasteiger partial charge in [-0.3, -0.25) is 0 Å². The highest BCUT2D eigenvalue weighted by Gasteiger charge is 2.33. The van der Waals surface area contributed by atoms with Gasteiger partial charge in [0, 0.05) is 6.07 Å². The SMILES string of the molecule is N#Cc1cc2c(c(C(=O)O)c1)Nc1cc(CCc3ccc(C(F)(F)F)c(Cl)c3)ccc1O2. The Kier molecular flexibility index (Phi) is 5.45. The Morgan fingerprint density at radius 3 is 2.38 bits per heavy atom. The zero-order chi connectivity index (χ0) is 23.0. The topological polar surface area (TPSA) is 82.4 Å². The molecule has 32 heavy (non-hydrogen) atoms. The van der Waals surface area contributed by atoms with Crippen molar-refractivity contribution in [1.29, 1.82) is 5.26 Å². The van der Waals surface area contributed by atoms with Gasteiger partial charge in [-0.2, -0.15) is 18.4 Å². The van der Waals surface area contributed by atoms with Crippen molar-refractivity contribution < 1.29 is 27.8 Å². The molecular formula is C23H14ClF3N2O3. The second kappa shape index (κ2) is 8.09. The molecule has 0 bridgehead atoms. The van der Waals surface area contributed by atoms with Gasteiger partial charge >= 0.3 is 12.1 Å². The maximum atomic E-state index is 12.9. The molecule has 1 heterocycles. The zero-order valence-corrected chi connectivity index (χ0v) is 17.0. The number of carboxylic acids is 1. The summed E-state index contributed by atoms with van der Waals surface area (Å²) in [5, 5.41) is 21.3. The molecule has 0 saturated heterocycles. The van der Waals surface area contributed by atoms with Crippen LogP contribution in [0, 0.1) is 11.3 Å². The van der Waals surface area contributed by atoms with E-state index in [9.17, 15) is 23.1 Å². The quantitative estimate of drug-likeness (QED) is 0.361. The number of anilines is 2. The minimum absolute atomic E-state index is 0.0884. The third-order valence-electron chi connectivity index (χ3n) is 5.03. The Morgan fingerprint density at radius 2 is 1.75 bits per heavy atom. The largest absolute Gasteiger partial charge is 0.478 e. The number of alkyl halides is 3. The van der Waals surface area contributed by atoms with Crippen molar-refractivity contribution in [2.75, 3.05) is 5.32 Å². The highest BCUT2D eigenvalue weighted by atomic mass is 35.5. The molecule has 3 aromatic rings. The molecule has 0 radical (unpaired) electrons. The van der Waals surface area contributed by atoms with Crippen molar-refractivity contribution in [3.8, 4) is 17.6 Å². The van der Waals surface area contributed by atoms with Crippen LogP contribution in [0.4, 0.5) is 24.5 Å². The van der Waals surface area contributed by atoms with Gasteiger partial charge in [-0.1, -0.05) is 23.7 Å². The molecule has 162 valence electrons. The van der Waals surface area contributed by atoms with Gasteiger partial charge in [0.1, 0.15) is 0 Å². The average Bonchev–Trinajstić information content (AvgIpc) is 2.74. The van der Waals surface area contributed by atoms with Crippen LogP contribution in [0.25, 0.3) is 0 Å². The van der Waals surface area contributed by atoms with E-state index >= 15 is 0 Å². The van der Waals surface area contributed by atoms with Gasteiger partial charge in [0.15, 0.2) is 11.5 Å². The molecule has 2 N–H and O–H groups in total. The van der Waals surface area contributed by atoms with Crippen LogP contribution in [0.2, 0.25) is 5.02 Å². The Labute approximate surface area is 185 Å². The Morgan fingerprint density at radius 1 is 1.06 bits per heavy atom. The molecular weight excluding hydrogens is 445 g/mol. The molecule has 5 nitrogen and oxygen atoms in total. The minimum atomic E-state index is -4.50. The summed E-state index contributed by atoms with van der Waals surface area (Å²) in [6.45, 7) is 0. The first-order valence-corrected chi connectivity index (χ1v) is 9.78. The second-order valence-corrected chi connectivity index (χ2v) is 7.59. The number of nitrogens with one attached hydrogen (secondary N) is 1. The summed E-state index contributed by atoms with van der Waals surface area (Å²) in [6, 6.07) is 13.6. The number of aromatic carboxylic acids is 1. The number of hydrogen-bond donors (Lipinski definition) is 2. The lowest BCUT2D eigenvalue weighted by molar-refractivity contribution is -0.137. The third-order valence-corrected chi connectivity index (χ3v) is 5.34. The van der Waals surface area contributed by atoms with Gasteiger partial charge < -0.3 is 15.2 Å². The number of carboxylic acid groups (broad SMARTS) is 1. The monoisotopic (exact) mass is 458 g/mol. The summed E-state index contributed by atoms with van der Waals surface area (Å²) < 4.78 is 44.4. The van der Waals surface area contributed by atoms with Crippen molar-refractivity contribution in [2.24, 2.45) is 0 Å². The number of carbonyl (C=O) groups is 1. The summed E-state index contributed by atoms with van der Waals surface area (Å²) in [6.07, 6.45) is -3.53. The van der Waals surface area contributed by atoms with Crippen molar-refractivity contribution >= 4 is 28.9 Å². The predicted octanol–water partition coefficient (Wildman–Crippen LogP) is 6.56. The molecule has 4 rings (SSSR count). The smallest absolute Gasteiger partial charge is 0.417 e. The van der Waals surface area contributed by atoms with Gasteiger partial charge in [0.05, 0.1) is 39.2 Å². The second-order valence-electron chi connectivity index (χ2n) is 7.18. The van der Waals surface area contributed by atoms with E-state index < -0.39 is 17.7 Å². The third kappa shape index (κ3) is 4.20. The number of aryl methyl sites for hydroxylation is 2. The van der Waals surface area contributed by atoms with E-state index in [4.69, 9.17) is 21.6 Å². The van der Waals surface area contributed by atoms with Crippen LogP contribution in [0.5, 0.6) is 11.5 Å². The Hall–Kier alpha value is -3.70. The molecule has 0 aliphatic carbocycles. The fraction of sp³-hybridized carbons (Fsp3) is 0.130. The maximum absolute atomic E-state index is 12.9. The first-order chi connectivity index (χ1) is 15.2. The van der Waals surface area contributed by atoms with Gasteiger partial charge in [-0.05, 0) is 54.3 Å². The van der Waals surface area contributed by atoms with Gasteiger partial charge in [-0.15, -0.1) is 0 Å². The molecule has 0 amide bonds. The molecule has 0 aromatic heterocycles. The Balaban J connectivity index is 1.55. The molecule has 0 fully saturated rings. The van der Waals surface area contributed by atoms with Gasteiger partial charge in [-0.25, -0.2) is 4.79 Å². The fourth-order valence-corrected chi connectivity index (χ4v) is 3.77. The summed E-state index contributed by atoms with van der Waals surface area (Å²) in [7, 11) is 0. The van der Waals surface area contributed by atoms with E-state index in [2.05, 4.69) is 5.32 Å². The minimum Gasteiger partial charge on any atom is -0.478 e. The lowest BCUT2D eigenvalue weighted by atomic mass is 10.0. The normalized spacial score (nSPS) is 12.1. The molecule has 0 spiro atoms. The predicted molar refractivity (Wildman–Crippen MR) is 112 cm³/mol. The highest BCUT2D eigenvalue weighted by molar-refractivity contribution is 6.31. The maximum Gasteiger partial charge on any atom is 0.417 e. The number of rotatable bonds is 4. The van der Waals surface area contributed by atoms with E-state index in [0.717, 1.165) is 11.6 Å². The molecule has 3 aromatic carbocycles. The van der Waals surface area contributed by atoms with Crippen LogP contribution in [-0.4, -0.2) is 11.1 Å². The molecule has 0 saturated carbocycles. The number of nitriles is 1. The van der Waals surface area contributed by atoms with E-state index in [0.29, 0.717) is 29.8 Å². The lowest BCUT2D eigenvalue weighted by Crippen LogP contribution is -2.10. The molecule has 9 heteroatoms. The average molecular weight is 459 g/mol. The summed E-state index contributed by atoms with van der Waals surface area (Å²) >= 11 is 5.79. The van der Waals surface area contributed by atoms with Crippen LogP contribution in [0.3, 0.4) is 0 Å². The molecule has 1 aliphatic rings. The number of hydrogen-bond acceptors (Lipinski definition) is 4. The van der Waals surface area contributed by atoms with E-state index in [1.807, 2.05) is 12.1 Å². The fourth-order valence-electron chi connectivity index (χ4n) is 3.46. The number of ether oxygens (including phenoxy) is 1. The van der Waals surface area contributed by atoms with E-state index in [-0.39, 0.29) is 27.6 Å². The van der Waals surface area contributed by atoms with Crippen LogP contribution >= 0.6 is 11.6 Å². The number of nitrogens with zero attached hydrogens (tertiary/aromatic N) is 1. The van der Waals surface area contributed by atoms with Crippen molar-refractivity contribution in [1.82, 2.24) is 0 Å². The van der Waals surface area contributed by atoms with Crippen molar-refractivity contribution in [3.63, 3.8) is 0 Å². The van der Waals surface area contributed by atoms with Crippen LogP contribution in [0.1, 0.15) is 32.6 Å². The lowest BCUT2D eigenvalue weighted by Gasteiger charge is -2.24. The highest BCUT2D eigenvalue weighted by Crippen LogP contribution is 2.44. The molecule has 0 unspecified atom stereocenters. The van der Waals surface area contributed by atoms with Crippen LogP contribution < -0.4 is 10.1 Å². The number of fused-ring (bicyclic) bond motifs is 2. The van der Waals surface area contributed by atoms with E-state index in [1.165, 1.54) is 24.3 Å². The zero-order valence-electron chi connectivity index (χ0n) is 16.3. The van der Waals surface area contributed by atoms with E-state index in [1.54, 1.807) is 12.1 Å². The summed E-state index contributed by atoms with van der Waals surface area (Å²) in [5.41, 5.74) is 1.53. The first-order valence-electron chi connectivity index (χ1n) is 9.40. The Bertz CT molecular complexity index is 1280. The molecule has 0 atom stereocenters. The van der Waals surface area contributed by atoms with Crippen molar-refractivity contribution in [3.05, 3.63) is 81.4 Å². The van der Waals surface area contributed by atoms with Crippen LogP contribution in [-0.2, 0) is 19.0 Å². The van der Waals surface area contributed by atoms with Crippen molar-refractivity contribution in [2.45, 2.75) is 19.0 Å².